The highest BCUT2D eigenvalue weighted by Gasteiger charge is 2.14. The second-order valence-corrected chi connectivity index (χ2v) is 5.28. The molecule has 2 heterocycles. The number of rotatable bonds is 2. The normalized spacial score (nSPS) is 11.3. The average molecular weight is 329 g/mol. The summed E-state index contributed by atoms with van der Waals surface area (Å²) in [7, 11) is 1.59. The van der Waals surface area contributed by atoms with Crippen LogP contribution in [0.15, 0.2) is 42.5 Å². The van der Waals surface area contributed by atoms with Gasteiger partial charge < -0.3 is 4.74 Å². The molecule has 0 fully saturated rings. The molecule has 0 bridgehead atoms. The van der Waals surface area contributed by atoms with Crippen molar-refractivity contribution in [3.8, 4) is 17.1 Å². The van der Waals surface area contributed by atoms with Crippen molar-refractivity contribution in [1.29, 1.82) is 0 Å². The van der Waals surface area contributed by atoms with E-state index >= 15 is 0 Å². The van der Waals surface area contributed by atoms with Crippen molar-refractivity contribution in [2.75, 3.05) is 7.11 Å². The van der Waals surface area contributed by atoms with Crippen LogP contribution in [0, 0.1) is 5.82 Å². The fourth-order valence-corrected chi connectivity index (χ4v) is 2.61. The van der Waals surface area contributed by atoms with Crippen molar-refractivity contribution in [3.63, 3.8) is 0 Å². The molecule has 23 heavy (non-hydrogen) atoms. The van der Waals surface area contributed by atoms with Crippen molar-refractivity contribution < 1.29 is 9.13 Å². The lowest BCUT2D eigenvalue weighted by Crippen LogP contribution is -1.95. The maximum Gasteiger partial charge on any atom is 0.226 e. The van der Waals surface area contributed by atoms with Gasteiger partial charge in [-0.15, -0.1) is 5.10 Å². The number of benzene rings is 2. The van der Waals surface area contributed by atoms with Crippen molar-refractivity contribution in [2.45, 2.75) is 0 Å². The van der Waals surface area contributed by atoms with Crippen LogP contribution < -0.4 is 4.74 Å². The highest BCUT2D eigenvalue weighted by atomic mass is 35.5. The van der Waals surface area contributed by atoms with E-state index in [1.807, 2.05) is 12.1 Å². The van der Waals surface area contributed by atoms with Crippen LogP contribution in [0.25, 0.3) is 27.9 Å². The van der Waals surface area contributed by atoms with Gasteiger partial charge in [-0.1, -0.05) is 0 Å². The molecule has 0 N–H and O–H groups in total. The molecule has 0 radical (unpaired) electrons. The molecule has 0 unspecified atom stereocenters. The lowest BCUT2D eigenvalue weighted by Gasteiger charge is -2.03. The second kappa shape index (κ2) is 5.17. The van der Waals surface area contributed by atoms with Crippen LogP contribution in [0.1, 0.15) is 0 Å². The summed E-state index contributed by atoms with van der Waals surface area (Å²) in [6.45, 7) is 0. The van der Waals surface area contributed by atoms with Crippen LogP contribution >= 0.6 is 11.6 Å². The molecular weight excluding hydrogens is 319 g/mol. The number of halogens is 2. The fourth-order valence-electron chi connectivity index (χ4n) is 2.40. The molecule has 0 saturated heterocycles. The van der Waals surface area contributed by atoms with Gasteiger partial charge in [0.1, 0.15) is 11.6 Å². The minimum atomic E-state index is -0.313. The number of ether oxygens (including phenoxy) is 1. The van der Waals surface area contributed by atoms with E-state index in [4.69, 9.17) is 16.3 Å². The van der Waals surface area contributed by atoms with Gasteiger partial charge in [-0.05, 0) is 54.1 Å². The average Bonchev–Trinajstić information content (AvgIpc) is 3.01. The Morgan fingerprint density at radius 2 is 1.87 bits per heavy atom. The van der Waals surface area contributed by atoms with Gasteiger partial charge >= 0.3 is 0 Å². The van der Waals surface area contributed by atoms with Gasteiger partial charge in [0.25, 0.3) is 0 Å². The predicted octanol–water partition coefficient (Wildman–Crippen LogP) is 3.75. The Kier molecular flexibility index (Phi) is 3.12. The van der Waals surface area contributed by atoms with Gasteiger partial charge in [-0.25, -0.2) is 14.4 Å². The molecule has 0 aliphatic carbocycles. The van der Waals surface area contributed by atoms with Gasteiger partial charge in [0, 0.05) is 10.9 Å². The molecule has 0 aliphatic rings. The first-order valence-corrected chi connectivity index (χ1v) is 7.19. The maximum atomic E-state index is 13.1. The number of methoxy groups -OCH3 is 1. The van der Waals surface area contributed by atoms with E-state index < -0.39 is 0 Å². The van der Waals surface area contributed by atoms with Crippen LogP contribution in [0.5, 0.6) is 5.75 Å². The third kappa shape index (κ3) is 2.27. The molecule has 5 nitrogen and oxygen atoms in total. The van der Waals surface area contributed by atoms with Gasteiger partial charge in [0.2, 0.25) is 5.28 Å². The van der Waals surface area contributed by atoms with E-state index in [-0.39, 0.29) is 11.1 Å². The van der Waals surface area contributed by atoms with Crippen LogP contribution in [-0.2, 0) is 0 Å². The van der Waals surface area contributed by atoms with Gasteiger partial charge in [0.15, 0.2) is 11.5 Å². The second-order valence-electron chi connectivity index (χ2n) is 4.94. The Morgan fingerprint density at radius 1 is 1.09 bits per heavy atom. The number of nitrogens with zero attached hydrogens (tertiary/aromatic N) is 4. The first-order valence-electron chi connectivity index (χ1n) is 6.81. The molecule has 0 amide bonds. The molecular formula is C16H10ClFN4O. The number of hydrogen-bond donors (Lipinski definition) is 0. The van der Waals surface area contributed by atoms with Crippen LogP contribution in [0.4, 0.5) is 4.39 Å². The topological polar surface area (TPSA) is 52.3 Å². The van der Waals surface area contributed by atoms with Crippen molar-refractivity contribution >= 4 is 28.2 Å². The third-order valence-corrected chi connectivity index (χ3v) is 3.79. The first-order chi connectivity index (χ1) is 11.2. The Bertz CT molecular complexity index is 1030. The van der Waals surface area contributed by atoms with Crippen LogP contribution in [-0.4, -0.2) is 26.7 Å². The molecule has 2 aromatic carbocycles. The summed E-state index contributed by atoms with van der Waals surface area (Å²) in [5.41, 5.74) is 1.96. The Labute approximate surface area is 135 Å². The summed E-state index contributed by atoms with van der Waals surface area (Å²) in [6, 6.07) is 11.4. The lowest BCUT2D eigenvalue weighted by atomic mass is 10.2. The van der Waals surface area contributed by atoms with Gasteiger partial charge in [0.05, 0.1) is 12.6 Å². The highest BCUT2D eigenvalue weighted by Crippen LogP contribution is 2.27. The molecule has 4 aromatic rings. The monoisotopic (exact) mass is 328 g/mol. The quantitative estimate of drug-likeness (QED) is 0.526. The van der Waals surface area contributed by atoms with E-state index in [1.165, 1.54) is 16.6 Å². The molecule has 0 spiro atoms. The summed E-state index contributed by atoms with van der Waals surface area (Å²) in [5.74, 6) is 0.825. The summed E-state index contributed by atoms with van der Waals surface area (Å²) in [5, 5.41) is 5.35. The Hall–Kier alpha value is -2.73. The van der Waals surface area contributed by atoms with Gasteiger partial charge in [-0.3, -0.25) is 0 Å². The number of aromatic nitrogens is 4. The zero-order valence-electron chi connectivity index (χ0n) is 12.0. The predicted molar refractivity (Wildman–Crippen MR) is 85.2 cm³/mol. The summed E-state index contributed by atoms with van der Waals surface area (Å²) < 4.78 is 19.8. The molecule has 0 atom stereocenters. The van der Waals surface area contributed by atoms with Crippen molar-refractivity contribution in [1.82, 2.24) is 19.6 Å². The summed E-state index contributed by atoms with van der Waals surface area (Å²) in [6.07, 6.45) is 0. The Balaban J connectivity index is 2.01. The molecule has 2 aromatic heterocycles. The third-order valence-electron chi connectivity index (χ3n) is 3.54. The zero-order chi connectivity index (χ0) is 16.0. The van der Waals surface area contributed by atoms with Crippen LogP contribution in [0.3, 0.4) is 0 Å². The van der Waals surface area contributed by atoms with Crippen molar-refractivity contribution in [2.24, 2.45) is 0 Å². The van der Waals surface area contributed by atoms with Crippen LogP contribution in [0.2, 0.25) is 5.28 Å². The van der Waals surface area contributed by atoms with Gasteiger partial charge in [-0.2, -0.15) is 4.52 Å². The lowest BCUT2D eigenvalue weighted by molar-refractivity contribution is 0.415. The zero-order valence-corrected chi connectivity index (χ0v) is 12.8. The van der Waals surface area contributed by atoms with Crippen molar-refractivity contribution in [3.05, 3.63) is 53.6 Å². The maximum absolute atomic E-state index is 13.1. The number of hydrogen-bond acceptors (Lipinski definition) is 4. The minimum Gasteiger partial charge on any atom is -0.497 e. The highest BCUT2D eigenvalue weighted by molar-refractivity contribution is 6.29. The molecule has 0 aliphatic heterocycles. The molecule has 4 rings (SSSR count). The molecule has 0 saturated carbocycles. The van der Waals surface area contributed by atoms with E-state index in [9.17, 15) is 4.39 Å². The molecule has 114 valence electrons. The van der Waals surface area contributed by atoms with E-state index in [1.54, 1.807) is 25.3 Å². The van der Waals surface area contributed by atoms with E-state index in [0.29, 0.717) is 28.3 Å². The largest absolute Gasteiger partial charge is 0.497 e. The number of fused-ring (bicyclic) bond motifs is 3. The van der Waals surface area contributed by atoms with E-state index in [0.717, 1.165) is 5.39 Å². The molecule has 7 heteroatoms. The smallest absolute Gasteiger partial charge is 0.226 e. The minimum absolute atomic E-state index is 0.207. The first kappa shape index (κ1) is 13.9. The Morgan fingerprint density at radius 3 is 2.61 bits per heavy atom. The SMILES string of the molecule is COc1ccc2nc(Cl)n3nc(-c4ccc(F)cc4)nc3c2c1. The summed E-state index contributed by atoms with van der Waals surface area (Å²) >= 11 is 6.19. The standard InChI is InChI=1S/C16H10ClFN4O/c1-23-11-6-7-13-12(8-11)15-20-14(21-22(15)16(17)19-13)9-2-4-10(18)5-3-9/h2-8H,1H3. The summed E-state index contributed by atoms with van der Waals surface area (Å²) in [4.78, 5) is 8.84. The van der Waals surface area contributed by atoms with E-state index in [2.05, 4.69) is 15.1 Å². The fraction of sp³-hybridized carbons (Fsp3) is 0.0625.